The van der Waals surface area contributed by atoms with Crippen molar-refractivity contribution in [3.8, 4) is 12.0 Å². The van der Waals surface area contributed by atoms with E-state index in [0.29, 0.717) is 10.7 Å². The molecule has 0 atom stereocenters. The predicted molar refractivity (Wildman–Crippen MR) is 97.4 cm³/mol. The molecule has 2 amide bonds. The standard InChI is InChI=1S/C17H14ClN7O/c1-10-6-11(2)22-16(21-10)25-15(12(8-19)9-20-25)24-17(26)23-14-5-3-4-13(18)7-14/h3-7,9H,1-2H3,(H2,23,24,26). The molecule has 9 heteroatoms. The number of nitrogens with one attached hydrogen (secondary N) is 2. The number of rotatable bonds is 3. The Hall–Kier alpha value is -3.44. The number of benzene rings is 1. The van der Waals surface area contributed by atoms with E-state index in [1.54, 1.807) is 24.3 Å². The first-order valence-electron chi connectivity index (χ1n) is 7.60. The van der Waals surface area contributed by atoms with Crippen molar-refractivity contribution in [2.75, 3.05) is 10.6 Å². The summed E-state index contributed by atoms with van der Waals surface area (Å²) in [5.74, 6) is 0.444. The number of urea groups is 1. The van der Waals surface area contributed by atoms with E-state index in [1.165, 1.54) is 10.9 Å². The molecule has 3 aromatic rings. The van der Waals surface area contributed by atoms with E-state index in [9.17, 15) is 10.1 Å². The smallest absolute Gasteiger partial charge is 0.308 e. The first-order valence-corrected chi connectivity index (χ1v) is 7.98. The van der Waals surface area contributed by atoms with E-state index in [-0.39, 0.29) is 17.3 Å². The van der Waals surface area contributed by atoms with Crippen LogP contribution >= 0.6 is 11.6 Å². The summed E-state index contributed by atoms with van der Waals surface area (Å²) in [5, 5.41) is 19.2. The molecule has 0 unspecified atom stereocenters. The average Bonchev–Trinajstić information content (AvgIpc) is 2.96. The molecule has 26 heavy (non-hydrogen) atoms. The molecule has 0 saturated heterocycles. The van der Waals surface area contributed by atoms with Gasteiger partial charge in [0.25, 0.3) is 5.95 Å². The first kappa shape index (κ1) is 17.4. The minimum Gasteiger partial charge on any atom is -0.308 e. The third kappa shape index (κ3) is 3.79. The maximum absolute atomic E-state index is 12.3. The van der Waals surface area contributed by atoms with Gasteiger partial charge in [0.05, 0.1) is 6.20 Å². The van der Waals surface area contributed by atoms with Crippen LogP contribution in [0.2, 0.25) is 5.02 Å². The number of halogens is 1. The lowest BCUT2D eigenvalue weighted by atomic mass is 10.3. The van der Waals surface area contributed by atoms with E-state index in [2.05, 4.69) is 25.7 Å². The fourth-order valence-electron chi connectivity index (χ4n) is 2.34. The highest BCUT2D eigenvalue weighted by molar-refractivity contribution is 6.30. The molecule has 0 bridgehead atoms. The molecule has 8 nitrogen and oxygen atoms in total. The summed E-state index contributed by atoms with van der Waals surface area (Å²) < 4.78 is 1.32. The number of hydrogen-bond donors (Lipinski definition) is 2. The Bertz CT molecular complexity index is 1000. The van der Waals surface area contributed by atoms with Gasteiger partial charge in [-0.05, 0) is 38.1 Å². The highest BCUT2D eigenvalue weighted by Gasteiger charge is 2.17. The van der Waals surface area contributed by atoms with Gasteiger partial charge in [-0.15, -0.1) is 0 Å². The third-order valence-corrected chi connectivity index (χ3v) is 3.60. The first-order chi connectivity index (χ1) is 12.5. The second-order valence-electron chi connectivity index (χ2n) is 5.47. The Morgan fingerprint density at radius 1 is 1.19 bits per heavy atom. The Morgan fingerprint density at radius 2 is 1.92 bits per heavy atom. The van der Waals surface area contributed by atoms with Gasteiger partial charge in [0.2, 0.25) is 0 Å². The lowest BCUT2D eigenvalue weighted by Crippen LogP contribution is -2.22. The highest BCUT2D eigenvalue weighted by Crippen LogP contribution is 2.19. The molecule has 0 aliphatic carbocycles. The van der Waals surface area contributed by atoms with Crippen LogP contribution in [-0.2, 0) is 0 Å². The van der Waals surface area contributed by atoms with Gasteiger partial charge < -0.3 is 5.32 Å². The van der Waals surface area contributed by atoms with Gasteiger partial charge in [0.1, 0.15) is 11.6 Å². The van der Waals surface area contributed by atoms with Crippen molar-refractivity contribution in [2.24, 2.45) is 0 Å². The second-order valence-corrected chi connectivity index (χ2v) is 5.91. The van der Waals surface area contributed by atoms with Crippen LogP contribution < -0.4 is 10.6 Å². The predicted octanol–water partition coefficient (Wildman–Crippen LogP) is 3.45. The molecular weight excluding hydrogens is 354 g/mol. The number of nitriles is 1. The van der Waals surface area contributed by atoms with Gasteiger partial charge in [-0.2, -0.15) is 15.0 Å². The number of anilines is 2. The minimum absolute atomic E-state index is 0.178. The molecule has 2 aromatic heterocycles. The van der Waals surface area contributed by atoms with Crippen LogP contribution in [0.1, 0.15) is 17.0 Å². The number of aromatic nitrogens is 4. The van der Waals surface area contributed by atoms with Gasteiger partial charge in [-0.3, -0.25) is 5.32 Å². The molecule has 0 aliphatic heterocycles. The zero-order chi connectivity index (χ0) is 18.7. The van der Waals surface area contributed by atoms with Crippen molar-refractivity contribution < 1.29 is 4.79 Å². The van der Waals surface area contributed by atoms with Crippen molar-refractivity contribution in [3.63, 3.8) is 0 Å². The summed E-state index contributed by atoms with van der Waals surface area (Å²) in [4.78, 5) is 20.9. The number of amides is 2. The molecule has 0 spiro atoms. The van der Waals surface area contributed by atoms with Crippen LogP contribution in [0.15, 0.2) is 36.5 Å². The Balaban J connectivity index is 1.91. The molecule has 3 rings (SSSR count). The third-order valence-electron chi connectivity index (χ3n) is 3.36. The summed E-state index contributed by atoms with van der Waals surface area (Å²) in [6, 6.07) is 9.98. The van der Waals surface area contributed by atoms with Gasteiger partial charge in [0.15, 0.2) is 5.82 Å². The second kappa shape index (κ2) is 7.21. The van der Waals surface area contributed by atoms with Crippen LogP contribution in [0.5, 0.6) is 0 Å². The van der Waals surface area contributed by atoms with E-state index in [4.69, 9.17) is 11.6 Å². The van der Waals surface area contributed by atoms with E-state index < -0.39 is 6.03 Å². The summed E-state index contributed by atoms with van der Waals surface area (Å²) in [7, 11) is 0. The maximum Gasteiger partial charge on any atom is 0.324 e. The SMILES string of the molecule is Cc1cc(C)nc(-n2ncc(C#N)c2NC(=O)Nc2cccc(Cl)c2)n1. The number of hydrogen-bond acceptors (Lipinski definition) is 5. The molecule has 0 radical (unpaired) electrons. The molecule has 2 heterocycles. The normalized spacial score (nSPS) is 10.2. The summed E-state index contributed by atoms with van der Waals surface area (Å²) >= 11 is 5.91. The molecule has 1 aromatic carbocycles. The van der Waals surface area contributed by atoms with Crippen molar-refractivity contribution in [3.05, 3.63) is 58.5 Å². The Kier molecular flexibility index (Phi) is 4.82. The van der Waals surface area contributed by atoms with Crippen LogP contribution in [0.3, 0.4) is 0 Å². The van der Waals surface area contributed by atoms with Crippen molar-refractivity contribution in [1.82, 2.24) is 19.7 Å². The van der Waals surface area contributed by atoms with Crippen LogP contribution in [-0.4, -0.2) is 25.8 Å². The maximum atomic E-state index is 12.3. The topological polar surface area (TPSA) is 109 Å². The molecule has 0 aliphatic rings. The van der Waals surface area contributed by atoms with Crippen molar-refractivity contribution >= 4 is 29.1 Å². The number of carbonyl (C=O) groups excluding carboxylic acids is 1. The average molecular weight is 368 g/mol. The zero-order valence-electron chi connectivity index (χ0n) is 14.0. The number of nitrogens with zero attached hydrogens (tertiary/aromatic N) is 5. The minimum atomic E-state index is -0.546. The van der Waals surface area contributed by atoms with Gasteiger partial charge in [0, 0.05) is 22.1 Å². The fourth-order valence-corrected chi connectivity index (χ4v) is 2.53. The van der Waals surface area contributed by atoms with Crippen molar-refractivity contribution in [2.45, 2.75) is 13.8 Å². The Morgan fingerprint density at radius 3 is 2.58 bits per heavy atom. The van der Waals surface area contributed by atoms with Crippen LogP contribution in [0, 0.1) is 25.2 Å². The quantitative estimate of drug-likeness (QED) is 0.736. The lowest BCUT2D eigenvalue weighted by Gasteiger charge is -2.10. The highest BCUT2D eigenvalue weighted by atomic mass is 35.5. The molecule has 130 valence electrons. The van der Waals surface area contributed by atoms with Crippen LogP contribution in [0.4, 0.5) is 16.3 Å². The van der Waals surface area contributed by atoms with Gasteiger partial charge in [-0.25, -0.2) is 14.8 Å². The largest absolute Gasteiger partial charge is 0.324 e. The zero-order valence-corrected chi connectivity index (χ0v) is 14.7. The molecule has 0 fully saturated rings. The van der Waals surface area contributed by atoms with Crippen LogP contribution in [0.25, 0.3) is 5.95 Å². The molecule has 0 saturated carbocycles. The van der Waals surface area contributed by atoms with Crippen molar-refractivity contribution in [1.29, 1.82) is 5.26 Å². The fraction of sp³-hybridized carbons (Fsp3) is 0.118. The van der Waals surface area contributed by atoms with Gasteiger partial charge >= 0.3 is 6.03 Å². The van der Waals surface area contributed by atoms with E-state index in [0.717, 1.165) is 11.4 Å². The van der Waals surface area contributed by atoms with E-state index >= 15 is 0 Å². The summed E-state index contributed by atoms with van der Waals surface area (Å²) in [6.45, 7) is 3.65. The number of carbonyl (C=O) groups is 1. The molecular formula is C17H14ClN7O. The number of aryl methyl sites for hydroxylation is 2. The summed E-state index contributed by atoms with van der Waals surface area (Å²) in [5.41, 5.74) is 2.20. The Labute approximate surface area is 154 Å². The molecule has 2 N–H and O–H groups in total. The monoisotopic (exact) mass is 367 g/mol. The lowest BCUT2D eigenvalue weighted by molar-refractivity contribution is 0.262. The van der Waals surface area contributed by atoms with Gasteiger partial charge in [-0.1, -0.05) is 17.7 Å². The summed E-state index contributed by atoms with van der Waals surface area (Å²) in [6.07, 6.45) is 1.34. The van der Waals surface area contributed by atoms with E-state index in [1.807, 2.05) is 26.0 Å².